The minimum absolute atomic E-state index is 0.0967. The van der Waals surface area contributed by atoms with Gasteiger partial charge in [-0.25, -0.2) is 5.01 Å². The first-order valence-electron chi connectivity index (χ1n) is 14.4. The van der Waals surface area contributed by atoms with Crippen molar-refractivity contribution in [3.63, 3.8) is 0 Å². The summed E-state index contributed by atoms with van der Waals surface area (Å²) in [4.78, 5) is 29.2. The molecule has 6 nitrogen and oxygen atoms in total. The van der Waals surface area contributed by atoms with Crippen LogP contribution in [0.3, 0.4) is 0 Å². The highest BCUT2D eigenvalue weighted by Crippen LogP contribution is 2.34. The van der Waals surface area contributed by atoms with Gasteiger partial charge in [0.1, 0.15) is 5.78 Å². The Bertz CT molecular complexity index is 813. The average molecular weight is 498 g/mol. The first-order valence-corrected chi connectivity index (χ1v) is 14.4. The number of amides is 1. The highest BCUT2D eigenvalue weighted by Gasteiger charge is 2.32. The summed E-state index contributed by atoms with van der Waals surface area (Å²) in [5, 5.41) is 12.3. The normalized spacial score (nSPS) is 23.8. The van der Waals surface area contributed by atoms with Crippen molar-refractivity contribution in [3.05, 3.63) is 42.2 Å². The molecule has 1 aromatic heterocycles. The number of ketones is 1. The third-order valence-electron chi connectivity index (χ3n) is 7.85. The molecule has 36 heavy (non-hydrogen) atoms. The van der Waals surface area contributed by atoms with Crippen molar-refractivity contribution < 1.29 is 14.7 Å². The van der Waals surface area contributed by atoms with Gasteiger partial charge in [-0.05, 0) is 56.1 Å². The number of carbonyl (C=O) groups excluding carboxylic acids is 2. The monoisotopic (exact) mass is 497 g/mol. The number of unbranched alkanes of at least 4 members (excludes halogenated alkanes) is 5. The molecule has 0 radical (unpaired) electrons. The molecular weight excluding hydrogens is 450 g/mol. The summed E-state index contributed by atoms with van der Waals surface area (Å²) in [7, 11) is 0. The van der Waals surface area contributed by atoms with Gasteiger partial charge in [0.15, 0.2) is 0 Å². The lowest BCUT2D eigenvalue weighted by Gasteiger charge is -2.35. The highest BCUT2D eigenvalue weighted by atomic mass is 16.3. The Kier molecular flexibility index (Phi) is 12.6. The largest absolute Gasteiger partial charge is 0.389 e. The van der Waals surface area contributed by atoms with Crippen LogP contribution in [0.2, 0.25) is 0 Å². The number of hydrogen-bond donors (Lipinski definition) is 2. The van der Waals surface area contributed by atoms with Crippen molar-refractivity contribution in [1.82, 2.24) is 15.4 Å². The molecule has 1 amide bonds. The fraction of sp³-hybridized carbons (Fsp3) is 0.700. The van der Waals surface area contributed by atoms with E-state index in [1.165, 1.54) is 6.42 Å². The highest BCUT2D eigenvalue weighted by molar-refractivity contribution is 5.83. The quantitative estimate of drug-likeness (QED) is 0.227. The molecule has 1 saturated heterocycles. The van der Waals surface area contributed by atoms with Crippen LogP contribution in [0.5, 0.6) is 0 Å². The summed E-state index contributed by atoms with van der Waals surface area (Å²) in [6.07, 6.45) is 21.8. The lowest BCUT2D eigenvalue weighted by molar-refractivity contribution is -0.128. The molecule has 2 aliphatic rings. The molecule has 2 N–H and O–H groups in total. The second-order valence-electron chi connectivity index (χ2n) is 10.7. The van der Waals surface area contributed by atoms with Crippen molar-refractivity contribution in [2.75, 3.05) is 6.54 Å². The van der Waals surface area contributed by atoms with Crippen molar-refractivity contribution in [2.45, 2.75) is 115 Å². The Morgan fingerprint density at radius 2 is 2.06 bits per heavy atom. The van der Waals surface area contributed by atoms with Crippen LogP contribution >= 0.6 is 0 Å². The molecule has 2 fully saturated rings. The van der Waals surface area contributed by atoms with Gasteiger partial charge in [-0.2, -0.15) is 0 Å². The number of Topliss-reactive ketones (excluding diaryl/α,β-unsaturated/α-hetero) is 1. The van der Waals surface area contributed by atoms with Gasteiger partial charge in [0.2, 0.25) is 5.91 Å². The number of aliphatic hydroxyl groups is 1. The molecule has 4 atom stereocenters. The Labute approximate surface area is 217 Å². The van der Waals surface area contributed by atoms with E-state index in [2.05, 4.69) is 34.5 Å². The number of nitrogens with zero attached hydrogens (tertiary/aromatic N) is 2. The molecule has 1 aliphatic carbocycles. The third kappa shape index (κ3) is 9.44. The average Bonchev–Trinajstić information content (AvgIpc) is 3.25. The van der Waals surface area contributed by atoms with Gasteiger partial charge >= 0.3 is 0 Å². The number of hydrazine groups is 1. The molecule has 200 valence electrons. The number of aromatic nitrogens is 1. The summed E-state index contributed by atoms with van der Waals surface area (Å²) in [6.45, 7) is 3.05. The number of carbonyl (C=O) groups is 2. The summed E-state index contributed by atoms with van der Waals surface area (Å²) in [6, 6.07) is 4.26. The van der Waals surface area contributed by atoms with Crippen LogP contribution in [0.1, 0.15) is 115 Å². The van der Waals surface area contributed by atoms with E-state index in [1.807, 2.05) is 18.3 Å². The van der Waals surface area contributed by atoms with E-state index >= 15 is 0 Å². The predicted molar refractivity (Wildman–Crippen MR) is 144 cm³/mol. The second kappa shape index (κ2) is 15.9. The summed E-state index contributed by atoms with van der Waals surface area (Å²) in [5.74, 6) is 0.867. The molecule has 0 bridgehead atoms. The minimum Gasteiger partial charge on any atom is -0.389 e. The van der Waals surface area contributed by atoms with Gasteiger partial charge in [-0.1, -0.05) is 70.1 Å². The maximum Gasteiger partial charge on any atom is 0.234 e. The van der Waals surface area contributed by atoms with E-state index < -0.39 is 0 Å². The lowest BCUT2D eigenvalue weighted by atomic mass is 9.89. The topological polar surface area (TPSA) is 82.5 Å². The summed E-state index contributed by atoms with van der Waals surface area (Å²) >= 11 is 0. The molecule has 0 aromatic carbocycles. The van der Waals surface area contributed by atoms with Crippen molar-refractivity contribution in [3.8, 4) is 0 Å². The van der Waals surface area contributed by atoms with E-state index in [9.17, 15) is 14.7 Å². The van der Waals surface area contributed by atoms with Crippen LogP contribution in [0.15, 0.2) is 36.7 Å². The van der Waals surface area contributed by atoms with Crippen LogP contribution < -0.4 is 5.43 Å². The Morgan fingerprint density at radius 3 is 2.86 bits per heavy atom. The molecule has 2 heterocycles. The van der Waals surface area contributed by atoms with Crippen LogP contribution in [-0.4, -0.2) is 39.4 Å². The Balaban J connectivity index is 1.31. The maximum absolute atomic E-state index is 12.6. The number of nitrogens with one attached hydrogen (secondary N) is 1. The van der Waals surface area contributed by atoms with Gasteiger partial charge in [0.25, 0.3) is 0 Å². The molecule has 0 spiro atoms. The zero-order valence-electron chi connectivity index (χ0n) is 22.2. The molecule has 3 rings (SSSR count). The molecule has 0 unspecified atom stereocenters. The zero-order chi connectivity index (χ0) is 25.6. The summed E-state index contributed by atoms with van der Waals surface area (Å²) < 4.78 is 0. The molecule has 1 saturated carbocycles. The molecule has 1 aromatic rings. The number of hydrogen-bond acceptors (Lipinski definition) is 5. The number of pyridine rings is 1. The standard InChI is InChI=1S/C30H47N3O3/c1-2-3-6-13-26(34)19-17-24-18-20-29(35)27(24)14-7-4-5-8-16-30(36)32-33-22-10-9-15-28(33)25-12-11-21-31-23-25/h11-12,17,19,21,23-24,26-28,34H,2-10,13-16,18,20,22H2,1H3,(H,32,36)/b19-17+/t24-,26-,27+,28+/m0/s1. The lowest BCUT2D eigenvalue weighted by Crippen LogP contribution is -2.46. The smallest absolute Gasteiger partial charge is 0.234 e. The van der Waals surface area contributed by atoms with Gasteiger partial charge in [-0.15, -0.1) is 0 Å². The van der Waals surface area contributed by atoms with Gasteiger partial charge in [-0.3, -0.25) is 20.0 Å². The van der Waals surface area contributed by atoms with Gasteiger partial charge in [0, 0.05) is 37.7 Å². The summed E-state index contributed by atoms with van der Waals surface area (Å²) in [5.41, 5.74) is 4.31. The first-order chi connectivity index (χ1) is 17.6. The van der Waals surface area contributed by atoms with Crippen LogP contribution in [-0.2, 0) is 9.59 Å². The van der Waals surface area contributed by atoms with Crippen molar-refractivity contribution in [2.24, 2.45) is 11.8 Å². The first kappa shape index (κ1) is 28.5. The zero-order valence-corrected chi connectivity index (χ0v) is 22.2. The van der Waals surface area contributed by atoms with Crippen LogP contribution in [0.4, 0.5) is 0 Å². The molecular formula is C30H47N3O3. The third-order valence-corrected chi connectivity index (χ3v) is 7.85. The minimum atomic E-state index is -0.386. The fourth-order valence-electron chi connectivity index (χ4n) is 5.71. The predicted octanol–water partition coefficient (Wildman–Crippen LogP) is 6.07. The van der Waals surface area contributed by atoms with Crippen LogP contribution in [0, 0.1) is 11.8 Å². The van der Waals surface area contributed by atoms with E-state index in [1.54, 1.807) is 6.20 Å². The van der Waals surface area contributed by atoms with Crippen molar-refractivity contribution >= 4 is 11.7 Å². The maximum atomic E-state index is 12.6. The number of allylic oxidation sites excluding steroid dienone is 1. The second-order valence-corrected chi connectivity index (χ2v) is 10.7. The fourth-order valence-corrected chi connectivity index (χ4v) is 5.71. The van der Waals surface area contributed by atoms with E-state index in [-0.39, 0.29) is 29.9 Å². The van der Waals surface area contributed by atoms with E-state index in [0.717, 1.165) is 89.2 Å². The van der Waals surface area contributed by atoms with Crippen LogP contribution in [0.25, 0.3) is 0 Å². The van der Waals surface area contributed by atoms with Gasteiger partial charge < -0.3 is 5.11 Å². The molecule has 6 heteroatoms. The Morgan fingerprint density at radius 1 is 1.19 bits per heavy atom. The molecule has 1 aliphatic heterocycles. The number of piperidine rings is 1. The Hall–Kier alpha value is -2.05. The van der Waals surface area contributed by atoms with Crippen molar-refractivity contribution in [1.29, 1.82) is 0 Å². The van der Waals surface area contributed by atoms with E-state index in [0.29, 0.717) is 18.6 Å². The van der Waals surface area contributed by atoms with E-state index in [4.69, 9.17) is 0 Å². The number of rotatable bonds is 15. The number of aliphatic hydroxyl groups excluding tert-OH is 1. The SMILES string of the molecule is CCCCC[C@H](O)/C=C/[C@H]1CCC(=O)[C@@H]1CCCCCCC(=O)NN1CCCC[C@@H]1c1cccnc1. The van der Waals surface area contributed by atoms with Gasteiger partial charge in [0.05, 0.1) is 12.1 Å².